The Morgan fingerprint density at radius 2 is 1.68 bits per heavy atom. The van der Waals surface area contributed by atoms with Crippen LogP contribution in [0.3, 0.4) is 0 Å². The van der Waals surface area contributed by atoms with Crippen LogP contribution >= 0.6 is 0 Å². The highest BCUT2D eigenvalue weighted by Gasteiger charge is 2.21. The summed E-state index contributed by atoms with van der Waals surface area (Å²) < 4.78 is 5.50. The number of hydrogen-bond donors (Lipinski definition) is 1. The van der Waals surface area contributed by atoms with Crippen molar-refractivity contribution in [2.45, 2.75) is 13.8 Å². The Hall–Kier alpha value is -2.69. The zero-order valence-electron chi connectivity index (χ0n) is 14.7. The number of aromatic hydroxyl groups is 1. The van der Waals surface area contributed by atoms with Gasteiger partial charge in [0.05, 0.1) is 0 Å². The molecule has 1 aliphatic heterocycles. The fraction of sp³-hybridized carbons (Fsp3) is 0.350. The second kappa shape index (κ2) is 7.47. The van der Waals surface area contributed by atoms with Crippen molar-refractivity contribution in [3.05, 3.63) is 53.6 Å². The number of carbonyl (C=O) groups is 1. The number of carbonyl (C=O) groups excluding carboxylic acids is 1. The highest BCUT2D eigenvalue weighted by Crippen LogP contribution is 2.20. The highest BCUT2D eigenvalue weighted by molar-refractivity contribution is 5.78. The summed E-state index contributed by atoms with van der Waals surface area (Å²) in [6.45, 7) is 7.31. The number of amides is 1. The van der Waals surface area contributed by atoms with E-state index in [-0.39, 0.29) is 18.3 Å². The summed E-state index contributed by atoms with van der Waals surface area (Å²) in [5, 5.41) is 9.25. The maximum atomic E-state index is 12.3. The minimum Gasteiger partial charge on any atom is -0.508 e. The number of nitrogens with zero attached hydrogens (tertiary/aromatic N) is 2. The summed E-state index contributed by atoms with van der Waals surface area (Å²) in [5.41, 5.74) is 3.80. The maximum Gasteiger partial charge on any atom is 0.260 e. The van der Waals surface area contributed by atoms with Gasteiger partial charge in [-0.15, -0.1) is 0 Å². The van der Waals surface area contributed by atoms with E-state index in [1.807, 2.05) is 4.90 Å². The monoisotopic (exact) mass is 340 g/mol. The molecule has 0 saturated carbocycles. The summed E-state index contributed by atoms with van der Waals surface area (Å²) in [5.74, 6) is 0.758. The van der Waals surface area contributed by atoms with E-state index >= 15 is 0 Å². The van der Waals surface area contributed by atoms with Gasteiger partial charge in [0.1, 0.15) is 11.5 Å². The van der Waals surface area contributed by atoms with Gasteiger partial charge in [-0.2, -0.15) is 0 Å². The first kappa shape index (κ1) is 17.1. The van der Waals surface area contributed by atoms with E-state index in [4.69, 9.17) is 4.74 Å². The van der Waals surface area contributed by atoms with E-state index in [1.165, 1.54) is 16.8 Å². The average Bonchev–Trinajstić information content (AvgIpc) is 2.63. The van der Waals surface area contributed by atoms with Crippen molar-refractivity contribution < 1.29 is 14.6 Å². The lowest BCUT2D eigenvalue weighted by molar-refractivity contribution is -0.133. The van der Waals surface area contributed by atoms with Crippen molar-refractivity contribution in [3.63, 3.8) is 0 Å². The van der Waals surface area contributed by atoms with Gasteiger partial charge in [0.2, 0.25) is 0 Å². The van der Waals surface area contributed by atoms with Crippen LogP contribution in [0.1, 0.15) is 11.1 Å². The number of hydrogen-bond acceptors (Lipinski definition) is 4. The van der Waals surface area contributed by atoms with Crippen LogP contribution in [0.25, 0.3) is 0 Å². The van der Waals surface area contributed by atoms with Gasteiger partial charge in [0.25, 0.3) is 5.91 Å². The molecule has 0 radical (unpaired) electrons. The Balaban J connectivity index is 1.50. The van der Waals surface area contributed by atoms with Crippen LogP contribution in [-0.4, -0.2) is 48.7 Å². The summed E-state index contributed by atoms with van der Waals surface area (Å²) >= 11 is 0. The van der Waals surface area contributed by atoms with Crippen LogP contribution in [0.2, 0.25) is 0 Å². The smallest absolute Gasteiger partial charge is 0.260 e. The molecule has 3 rings (SSSR count). The summed E-state index contributed by atoms with van der Waals surface area (Å²) in [4.78, 5) is 16.5. The average molecular weight is 340 g/mol. The molecule has 0 unspecified atom stereocenters. The standard InChI is InChI=1S/C20H24N2O3/c1-15-3-4-17(13-16(15)2)21-9-11-22(12-10-21)20(24)14-25-19-7-5-18(23)6-8-19/h3-8,13,23H,9-12,14H2,1-2H3. The Morgan fingerprint density at radius 1 is 1.00 bits per heavy atom. The molecule has 1 aliphatic rings. The number of piperazine rings is 1. The largest absolute Gasteiger partial charge is 0.508 e. The minimum atomic E-state index is -0.00666. The van der Waals surface area contributed by atoms with Crippen LogP contribution in [0, 0.1) is 13.8 Å². The van der Waals surface area contributed by atoms with Gasteiger partial charge in [-0.25, -0.2) is 0 Å². The molecule has 0 bridgehead atoms. The van der Waals surface area contributed by atoms with Crippen molar-refractivity contribution in [2.24, 2.45) is 0 Å². The fourth-order valence-electron chi connectivity index (χ4n) is 2.92. The van der Waals surface area contributed by atoms with Gasteiger partial charge in [0, 0.05) is 31.9 Å². The molecule has 2 aromatic carbocycles. The zero-order valence-corrected chi connectivity index (χ0v) is 14.7. The van der Waals surface area contributed by atoms with E-state index in [1.54, 1.807) is 24.3 Å². The third-order valence-electron chi connectivity index (χ3n) is 4.69. The molecule has 0 atom stereocenters. The second-order valence-electron chi connectivity index (χ2n) is 6.42. The molecule has 0 spiro atoms. The molecule has 132 valence electrons. The van der Waals surface area contributed by atoms with E-state index in [0.717, 1.165) is 13.1 Å². The van der Waals surface area contributed by atoms with E-state index in [2.05, 4.69) is 36.9 Å². The first-order chi connectivity index (χ1) is 12.0. The maximum absolute atomic E-state index is 12.3. The van der Waals surface area contributed by atoms with Gasteiger partial charge in [0.15, 0.2) is 6.61 Å². The Bertz CT molecular complexity index is 735. The first-order valence-electron chi connectivity index (χ1n) is 8.55. The third-order valence-corrected chi connectivity index (χ3v) is 4.69. The normalized spacial score (nSPS) is 14.5. The molecule has 1 N–H and O–H groups in total. The number of anilines is 1. The molecule has 2 aromatic rings. The van der Waals surface area contributed by atoms with Gasteiger partial charge in [-0.05, 0) is 61.4 Å². The van der Waals surface area contributed by atoms with Gasteiger partial charge < -0.3 is 19.6 Å². The van der Waals surface area contributed by atoms with Gasteiger partial charge in [-0.1, -0.05) is 6.07 Å². The lowest BCUT2D eigenvalue weighted by atomic mass is 10.1. The second-order valence-corrected chi connectivity index (χ2v) is 6.42. The molecule has 0 aromatic heterocycles. The predicted molar refractivity (Wildman–Crippen MR) is 98.3 cm³/mol. The SMILES string of the molecule is Cc1ccc(N2CCN(C(=O)COc3ccc(O)cc3)CC2)cc1C. The molecule has 1 saturated heterocycles. The number of rotatable bonds is 4. The van der Waals surface area contributed by atoms with Crippen molar-refractivity contribution in [3.8, 4) is 11.5 Å². The minimum absolute atomic E-state index is 0.00666. The number of ether oxygens (including phenoxy) is 1. The Kier molecular flexibility index (Phi) is 5.12. The number of benzene rings is 2. The lowest BCUT2D eigenvalue weighted by Gasteiger charge is -2.36. The first-order valence-corrected chi connectivity index (χ1v) is 8.55. The molecule has 1 fully saturated rings. The summed E-state index contributed by atoms with van der Waals surface area (Å²) in [6, 6.07) is 12.9. The molecule has 5 heteroatoms. The van der Waals surface area contributed by atoms with Crippen LogP contribution in [0.15, 0.2) is 42.5 Å². The van der Waals surface area contributed by atoms with E-state index in [0.29, 0.717) is 18.8 Å². The van der Waals surface area contributed by atoms with Crippen LogP contribution in [-0.2, 0) is 4.79 Å². The Morgan fingerprint density at radius 3 is 2.32 bits per heavy atom. The van der Waals surface area contributed by atoms with Crippen molar-refractivity contribution in [1.29, 1.82) is 0 Å². The van der Waals surface area contributed by atoms with Gasteiger partial charge >= 0.3 is 0 Å². The van der Waals surface area contributed by atoms with Crippen LogP contribution in [0.4, 0.5) is 5.69 Å². The molecule has 5 nitrogen and oxygen atoms in total. The van der Waals surface area contributed by atoms with Gasteiger partial charge in [-0.3, -0.25) is 4.79 Å². The molecular weight excluding hydrogens is 316 g/mol. The lowest BCUT2D eigenvalue weighted by Crippen LogP contribution is -2.50. The van der Waals surface area contributed by atoms with Crippen molar-refractivity contribution in [1.82, 2.24) is 4.90 Å². The van der Waals surface area contributed by atoms with Crippen molar-refractivity contribution >= 4 is 11.6 Å². The quantitative estimate of drug-likeness (QED) is 0.930. The zero-order chi connectivity index (χ0) is 17.8. The molecular formula is C20H24N2O3. The predicted octanol–water partition coefficient (Wildman–Crippen LogP) is 2.74. The number of phenolic OH excluding ortho intramolecular Hbond substituents is 1. The highest BCUT2D eigenvalue weighted by atomic mass is 16.5. The Labute approximate surface area is 148 Å². The third kappa shape index (κ3) is 4.24. The topological polar surface area (TPSA) is 53.0 Å². The summed E-state index contributed by atoms with van der Waals surface area (Å²) in [6.07, 6.45) is 0. The molecule has 25 heavy (non-hydrogen) atoms. The fourth-order valence-corrected chi connectivity index (χ4v) is 2.92. The van der Waals surface area contributed by atoms with Crippen LogP contribution < -0.4 is 9.64 Å². The van der Waals surface area contributed by atoms with Crippen LogP contribution in [0.5, 0.6) is 11.5 Å². The van der Waals surface area contributed by atoms with E-state index < -0.39 is 0 Å². The number of phenols is 1. The molecule has 1 amide bonds. The molecule has 0 aliphatic carbocycles. The van der Waals surface area contributed by atoms with E-state index in [9.17, 15) is 9.90 Å². The van der Waals surface area contributed by atoms with Crippen molar-refractivity contribution in [2.75, 3.05) is 37.7 Å². The molecule has 1 heterocycles. The number of aryl methyl sites for hydroxylation is 2. The summed E-state index contributed by atoms with van der Waals surface area (Å²) in [7, 11) is 0.